The first-order valence-electron chi connectivity index (χ1n) is 10.2. The van der Waals surface area contributed by atoms with Crippen LogP contribution in [0.25, 0.3) is 0 Å². The minimum atomic E-state index is -3.93. The number of hydrogen-bond acceptors (Lipinski definition) is 7. The van der Waals surface area contributed by atoms with E-state index in [1.54, 1.807) is 34.6 Å². The second kappa shape index (κ2) is 10.4. The zero-order chi connectivity index (χ0) is 23.3. The molecule has 0 saturated carbocycles. The Labute approximate surface area is 176 Å². The molecule has 29 heavy (non-hydrogen) atoms. The van der Waals surface area contributed by atoms with Gasteiger partial charge in [-0.15, -0.1) is 0 Å². The summed E-state index contributed by atoms with van der Waals surface area (Å²) in [7, 11) is -3.93. The average molecular weight is 437 g/mol. The van der Waals surface area contributed by atoms with Crippen molar-refractivity contribution >= 4 is 19.5 Å². The van der Waals surface area contributed by atoms with Crippen molar-refractivity contribution in [3.05, 3.63) is 0 Å². The van der Waals surface area contributed by atoms with Gasteiger partial charge in [0.2, 0.25) is 0 Å². The van der Waals surface area contributed by atoms with E-state index in [2.05, 4.69) is 0 Å². The highest BCUT2D eigenvalue weighted by Crippen LogP contribution is 2.55. The Hall–Kier alpha value is -0.910. The fourth-order valence-corrected chi connectivity index (χ4v) is 5.10. The molecule has 0 rings (SSSR count). The van der Waals surface area contributed by atoms with E-state index in [1.807, 2.05) is 41.5 Å². The third-order valence-corrected chi connectivity index (χ3v) is 6.25. The Morgan fingerprint density at radius 3 is 1.55 bits per heavy atom. The highest BCUT2D eigenvalue weighted by Gasteiger charge is 2.46. The van der Waals surface area contributed by atoms with Gasteiger partial charge in [-0.05, 0) is 45.4 Å². The summed E-state index contributed by atoms with van der Waals surface area (Å²) in [5, 5.41) is 0. The monoisotopic (exact) mass is 436 g/mol. The van der Waals surface area contributed by atoms with E-state index in [0.717, 1.165) is 0 Å². The molecule has 1 atom stereocenters. The van der Waals surface area contributed by atoms with Crippen LogP contribution in [-0.2, 0) is 32.7 Å². The molecule has 0 heterocycles. The van der Waals surface area contributed by atoms with Crippen LogP contribution in [0.5, 0.6) is 0 Å². The SMILES string of the molecule is CCOP(=O)(OCC)C(CC(=O)OC(C(C)(C)C)C(C)(C)C)C(=O)OC(C)(C)C. The van der Waals surface area contributed by atoms with Gasteiger partial charge in [-0.3, -0.25) is 14.2 Å². The van der Waals surface area contributed by atoms with Crippen molar-refractivity contribution < 1.29 is 32.7 Å². The van der Waals surface area contributed by atoms with Crippen molar-refractivity contribution in [2.45, 2.75) is 99.9 Å². The summed E-state index contributed by atoms with van der Waals surface area (Å²) in [6.45, 7) is 20.4. The van der Waals surface area contributed by atoms with E-state index in [9.17, 15) is 14.2 Å². The van der Waals surface area contributed by atoms with E-state index in [-0.39, 0.29) is 24.0 Å². The molecule has 0 amide bonds. The van der Waals surface area contributed by atoms with Crippen LogP contribution in [0, 0.1) is 10.8 Å². The van der Waals surface area contributed by atoms with E-state index < -0.39 is 43.3 Å². The predicted molar refractivity (Wildman–Crippen MR) is 114 cm³/mol. The standard InChI is InChI=1S/C21H41O7P/c1-12-25-29(24,26-13-2)15(17(23)28-21(9,10)11)14-16(22)27-18(19(3,4)5)20(6,7)8/h15,18H,12-14H2,1-11H3. The van der Waals surface area contributed by atoms with Gasteiger partial charge in [0.1, 0.15) is 11.7 Å². The minimum Gasteiger partial charge on any atom is -0.461 e. The van der Waals surface area contributed by atoms with Crippen molar-refractivity contribution in [3.63, 3.8) is 0 Å². The topological polar surface area (TPSA) is 88.1 Å². The molecule has 0 aromatic heterocycles. The summed E-state index contributed by atoms with van der Waals surface area (Å²) >= 11 is 0. The summed E-state index contributed by atoms with van der Waals surface area (Å²) in [5.41, 5.74) is -2.85. The molecule has 0 bridgehead atoms. The Kier molecular flexibility index (Phi) is 10.1. The van der Waals surface area contributed by atoms with Gasteiger partial charge < -0.3 is 18.5 Å². The summed E-state index contributed by atoms with van der Waals surface area (Å²) < 4.78 is 35.1. The lowest BCUT2D eigenvalue weighted by Crippen LogP contribution is -2.43. The third-order valence-electron chi connectivity index (χ3n) is 3.86. The molecule has 0 N–H and O–H groups in total. The van der Waals surface area contributed by atoms with Gasteiger partial charge in [-0.2, -0.15) is 0 Å². The van der Waals surface area contributed by atoms with Crippen LogP contribution in [0.2, 0.25) is 0 Å². The molecule has 0 aliphatic carbocycles. The Bertz CT molecular complexity index is 570. The maximum atomic E-state index is 13.3. The minimum absolute atomic E-state index is 0.0677. The fraction of sp³-hybridized carbons (Fsp3) is 0.905. The van der Waals surface area contributed by atoms with E-state index in [4.69, 9.17) is 18.5 Å². The molecular weight excluding hydrogens is 395 g/mol. The largest absolute Gasteiger partial charge is 0.461 e. The first kappa shape index (κ1) is 28.1. The fourth-order valence-electron chi connectivity index (χ4n) is 3.26. The Balaban J connectivity index is 5.83. The van der Waals surface area contributed by atoms with E-state index in [1.165, 1.54) is 0 Å². The van der Waals surface area contributed by atoms with E-state index >= 15 is 0 Å². The van der Waals surface area contributed by atoms with E-state index in [0.29, 0.717) is 0 Å². The quantitative estimate of drug-likeness (QED) is 0.355. The maximum absolute atomic E-state index is 13.3. The molecule has 0 radical (unpaired) electrons. The van der Waals surface area contributed by atoms with Gasteiger partial charge in [0.05, 0.1) is 19.6 Å². The number of ether oxygens (including phenoxy) is 2. The van der Waals surface area contributed by atoms with Crippen LogP contribution in [0.3, 0.4) is 0 Å². The molecule has 0 spiro atoms. The van der Waals surface area contributed by atoms with Gasteiger partial charge in [-0.1, -0.05) is 41.5 Å². The van der Waals surface area contributed by atoms with Gasteiger partial charge in [0.25, 0.3) is 0 Å². The normalized spacial score (nSPS) is 14.6. The summed E-state index contributed by atoms with van der Waals surface area (Å²) in [6.07, 6.45) is -0.866. The molecule has 0 aliphatic heterocycles. The van der Waals surface area contributed by atoms with Gasteiger partial charge in [0, 0.05) is 0 Å². The third kappa shape index (κ3) is 9.63. The molecular formula is C21H41O7P. The molecule has 1 unspecified atom stereocenters. The molecule has 0 saturated heterocycles. The number of esters is 2. The zero-order valence-corrected chi connectivity index (χ0v) is 21.0. The molecule has 0 aromatic carbocycles. The van der Waals surface area contributed by atoms with Crippen molar-refractivity contribution in [2.24, 2.45) is 10.8 Å². The first-order valence-corrected chi connectivity index (χ1v) is 11.8. The molecule has 0 aromatic rings. The summed E-state index contributed by atoms with van der Waals surface area (Å²) in [6, 6.07) is 0. The molecule has 8 heteroatoms. The van der Waals surface area contributed by atoms with Crippen molar-refractivity contribution in [1.82, 2.24) is 0 Å². The highest BCUT2D eigenvalue weighted by atomic mass is 31.2. The molecule has 7 nitrogen and oxygen atoms in total. The zero-order valence-electron chi connectivity index (χ0n) is 20.1. The number of carbonyl (C=O) groups excluding carboxylic acids is 2. The molecule has 0 fully saturated rings. The Morgan fingerprint density at radius 1 is 0.828 bits per heavy atom. The van der Waals surface area contributed by atoms with Crippen LogP contribution >= 0.6 is 7.60 Å². The summed E-state index contributed by atoms with van der Waals surface area (Å²) in [5.74, 6) is -1.45. The predicted octanol–water partition coefficient (Wildman–Crippen LogP) is 5.36. The van der Waals surface area contributed by atoms with Crippen LogP contribution in [0.1, 0.15) is 82.6 Å². The Morgan fingerprint density at radius 2 is 1.24 bits per heavy atom. The molecule has 0 aliphatic rings. The highest BCUT2D eigenvalue weighted by molar-refractivity contribution is 7.55. The van der Waals surface area contributed by atoms with Gasteiger partial charge in [-0.25, -0.2) is 0 Å². The lowest BCUT2D eigenvalue weighted by molar-refractivity contribution is -0.167. The summed E-state index contributed by atoms with van der Waals surface area (Å²) in [4.78, 5) is 25.6. The van der Waals surface area contributed by atoms with Crippen molar-refractivity contribution in [2.75, 3.05) is 13.2 Å². The number of carbonyl (C=O) groups is 2. The van der Waals surface area contributed by atoms with Gasteiger partial charge >= 0.3 is 19.5 Å². The van der Waals surface area contributed by atoms with Crippen molar-refractivity contribution in [3.8, 4) is 0 Å². The lowest BCUT2D eigenvalue weighted by Gasteiger charge is -2.40. The van der Waals surface area contributed by atoms with Crippen molar-refractivity contribution in [1.29, 1.82) is 0 Å². The van der Waals surface area contributed by atoms with Gasteiger partial charge in [0.15, 0.2) is 5.66 Å². The van der Waals surface area contributed by atoms with Crippen LogP contribution in [0.4, 0.5) is 0 Å². The maximum Gasteiger partial charge on any atom is 0.345 e. The molecule has 172 valence electrons. The second-order valence-electron chi connectivity index (χ2n) is 10.2. The second-order valence-corrected chi connectivity index (χ2v) is 12.5. The lowest BCUT2D eigenvalue weighted by atomic mass is 9.74. The smallest absolute Gasteiger partial charge is 0.345 e. The number of hydrogen-bond donors (Lipinski definition) is 0. The first-order chi connectivity index (χ1) is 12.9. The van der Waals surface area contributed by atoms with Crippen LogP contribution in [-0.4, -0.2) is 42.5 Å². The number of rotatable bonds is 9. The average Bonchev–Trinajstić information content (AvgIpc) is 2.46. The van der Waals surface area contributed by atoms with Crippen LogP contribution < -0.4 is 0 Å². The van der Waals surface area contributed by atoms with Crippen LogP contribution in [0.15, 0.2) is 0 Å².